The number of anilines is 1. The fraction of sp³-hybridized carbons (Fsp3) is 0.200. The topological polar surface area (TPSA) is 30.5 Å². The van der Waals surface area contributed by atoms with Gasteiger partial charge in [0.2, 0.25) is 0 Å². The van der Waals surface area contributed by atoms with Crippen LogP contribution in [0.15, 0.2) is 40.9 Å². The van der Waals surface area contributed by atoms with E-state index in [9.17, 15) is 0 Å². The molecule has 0 atom stereocenters. The number of nitrogens with one attached hydrogen (secondary N) is 1. The molecule has 1 N–H and O–H groups in total. The summed E-state index contributed by atoms with van der Waals surface area (Å²) in [5, 5.41) is 4.03. The second-order valence-corrected chi connectivity index (χ2v) is 5.45. The number of hydrogen-bond acceptors (Lipinski definition) is 3. The Balaban J connectivity index is 2.18. The van der Waals surface area contributed by atoms with Crippen molar-refractivity contribution >= 4 is 33.2 Å². The second kappa shape index (κ2) is 6.86. The Morgan fingerprint density at radius 2 is 1.90 bits per heavy atom. The van der Waals surface area contributed by atoms with E-state index in [-0.39, 0.29) is 0 Å². The van der Waals surface area contributed by atoms with Crippen LogP contribution in [-0.2, 0) is 6.54 Å². The Morgan fingerprint density at radius 3 is 2.60 bits per heavy atom. The zero-order valence-corrected chi connectivity index (χ0v) is 13.6. The quantitative estimate of drug-likeness (QED) is 0.840. The molecule has 0 heterocycles. The number of rotatable bonds is 5. The first-order valence-electron chi connectivity index (χ1n) is 6.04. The van der Waals surface area contributed by atoms with E-state index in [2.05, 4.69) is 21.2 Å². The molecule has 0 saturated carbocycles. The first-order valence-corrected chi connectivity index (χ1v) is 7.21. The summed E-state index contributed by atoms with van der Waals surface area (Å²) in [4.78, 5) is 0. The highest BCUT2D eigenvalue weighted by Gasteiger charge is 2.06. The molecule has 2 aromatic rings. The Labute approximate surface area is 132 Å². The number of benzene rings is 2. The SMILES string of the molecule is COc1ccc(Br)c(NCc2cc(Cl)ccc2OC)c1. The van der Waals surface area contributed by atoms with Gasteiger partial charge < -0.3 is 14.8 Å². The van der Waals surface area contributed by atoms with Gasteiger partial charge in [0.1, 0.15) is 11.5 Å². The molecule has 0 aliphatic heterocycles. The van der Waals surface area contributed by atoms with Crippen molar-refractivity contribution < 1.29 is 9.47 Å². The minimum atomic E-state index is 0.607. The van der Waals surface area contributed by atoms with Gasteiger partial charge >= 0.3 is 0 Å². The Morgan fingerprint density at radius 1 is 1.10 bits per heavy atom. The standard InChI is InChI=1S/C15H15BrClNO2/c1-19-12-4-5-13(16)14(8-12)18-9-10-7-11(17)3-6-15(10)20-2/h3-8,18H,9H2,1-2H3. The number of methoxy groups -OCH3 is 2. The average Bonchev–Trinajstić information content (AvgIpc) is 2.46. The summed E-state index contributed by atoms with van der Waals surface area (Å²) >= 11 is 9.53. The van der Waals surface area contributed by atoms with Gasteiger partial charge in [0, 0.05) is 27.7 Å². The molecule has 0 unspecified atom stereocenters. The number of ether oxygens (including phenoxy) is 2. The minimum absolute atomic E-state index is 0.607. The molecule has 3 nitrogen and oxygen atoms in total. The lowest BCUT2D eigenvalue weighted by atomic mass is 10.2. The molecule has 0 fully saturated rings. The molecule has 106 valence electrons. The predicted molar refractivity (Wildman–Crippen MR) is 86.0 cm³/mol. The molecule has 0 radical (unpaired) electrons. The molecule has 0 aliphatic rings. The molecule has 0 saturated heterocycles. The normalized spacial score (nSPS) is 10.2. The largest absolute Gasteiger partial charge is 0.497 e. The molecule has 0 bridgehead atoms. The van der Waals surface area contributed by atoms with Gasteiger partial charge in [-0.25, -0.2) is 0 Å². The molecule has 0 spiro atoms. The van der Waals surface area contributed by atoms with Gasteiger partial charge in [-0.15, -0.1) is 0 Å². The van der Waals surface area contributed by atoms with E-state index in [4.69, 9.17) is 21.1 Å². The molecular formula is C15H15BrClNO2. The summed E-state index contributed by atoms with van der Waals surface area (Å²) < 4.78 is 11.5. The van der Waals surface area contributed by atoms with Crippen molar-refractivity contribution in [3.63, 3.8) is 0 Å². The van der Waals surface area contributed by atoms with Crippen molar-refractivity contribution in [3.05, 3.63) is 51.5 Å². The minimum Gasteiger partial charge on any atom is -0.497 e. The third-order valence-corrected chi connectivity index (χ3v) is 3.81. The second-order valence-electron chi connectivity index (χ2n) is 4.16. The molecular weight excluding hydrogens is 342 g/mol. The molecule has 2 rings (SSSR count). The number of halogens is 2. The van der Waals surface area contributed by atoms with Crippen LogP contribution in [-0.4, -0.2) is 14.2 Å². The first kappa shape index (κ1) is 15.0. The van der Waals surface area contributed by atoms with Crippen LogP contribution < -0.4 is 14.8 Å². The summed E-state index contributed by atoms with van der Waals surface area (Å²) in [6, 6.07) is 11.3. The predicted octanol–water partition coefficient (Wildman–Crippen LogP) is 4.73. The van der Waals surface area contributed by atoms with Gasteiger partial charge in [-0.3, -0.25) is 0 Å². The van der Waals surface area contributed by atoms with Crippen LogP contribution in [0.4, 0.5) is 5.69 Å². The van der Waals surface area contributed by atoms with E-state index in [0.29, 0.717) is 11.6 Å². The van der Waals surface area contributed by atoms with Crippen molar-refractivity contribution in [2.75, 3.05) is 19.5 Å². The lowest BCUT2D eigenvalue weighted by Crippen LogP contribution is -2.02. The van der Waals surface area contributed by atoms with Crippen LogP contribution in [0.1, 0.15) is 5.56 Å². The van der Waals surface area contributed by atoms with Gasteiger partial charge in [0.15, 0.2) is 0 Å². The summed E-state index contributed by atoms with van der Waals surface area (Å²) in [7, 11) is 3.29. The molecule has 0 amide bonds. The van der Waals surface area contributed by atoms with Crippen molar-refractivity contribution in [2.45, 2.75) is 6.54 Å². The van der Waals surface area contributed by atoms with Gasteiger partial charge in [0.05, 0.1) is 19.9 Å². The van der Waals surface area contributed by atoms with Crippen LogP contribution in [0.5, 0.6) is 11.5 Å². The average molecular weight is 357 g/mol. The third kappa shape index (κ3) is 3.58. The highest BCUT2D eigenvalue weighted by atomic mass is 79.9. The fourth-order valence-electron chi connectivity index (χ4n) is 1.84. The van der Waals surface area contributed by atoms with Crippen LogP contribution in [0, 0.1) is 0 Å². The molecule has 0 aliphatic carbocycles. The van der Waals surface area contributed by atoms with Gasteiger partial charge in [0.25, 0.3) is 0 Å². The van der Waals surface area contributed by atoms with Crippen LogP contribution in [0.25, 0.3) is 0 Å². The van der Waals surface area contributed by atoms with Crippen molar-refractivity contribution in [1.82, 2.24) is 0 Å². The lowest BCUT2D eigenvalue weighted by molar-refractivity contribution is 0.410. The van der Waals surface area contributed by atoms with Gasteiger partial charge in [-0.1, -0.05) is 11.6 Å². The smallest absolute Gasteiger partial charge is 0.123 e. The van der Waals surface area contributed by atoms with E-state index in [0.717, 1.165) is 27.2 Å². The van der Waals surface area contributed by atoms with Crippen LogP contribution >= 0.6 is 27.5 Å². The fourth-order valence-corrected chi connectivity index (χ4v) is 2.42. The molecule has 5 heteroatoms. The maximum atomic E-state index is 6.02. The Kier molecular flexibility index (Phi) is 5.15. The Hall–Kier alpha value is -1.39. The van der Waals surface area contributed by atoms with Gasteiger partial charge in [-0.05, 0) is 46.3 Å². The van der Waals surface area contributed by atoms with Crippen molar-refractivity contribution in [2.24, 2.45) is 0 Å². The van der Waals surface area contributed by atoms with E-state index in [1.165, 1.54) is 0 Å². The van der Waals surface area contributed by atoms with Crippen molar-refractivity contribution in [3.8, 4) is 11.5 Å². The summed E-state index contributed by atoms with van der Waals surface area (Å²) in [5.41, 5.74) is 1.95. The maximum Gasteiger partial charge on any atom is 0.123 e. The van der Waals surface area contributed by atoms with E-state index < -0.39 is 0 Å². The monoisotopic (exact) mass is 355 g/mol. The highest BCUT2D eigenvalue weighted by molar-refractivity contribution is 9.10. The van der Waals surface area contributed by atoms with E-state index in [1.54, 1.807) is 14.2 Å². The maximum absolute atomic E-state index is 6.02. The van der Waals surface area contributed by atoms with Crippen LogP contribution in [0.3, 0.4) is 0 Å². The third-order valence-electron chi connectivity index (χ3n) is 2.89. The van der Waals surface area contributed by atoms with E-state index >= 15 is 0 Å². The summed E-state index contributed by atoms with van der Waals surface area (Å²) in [6.07, 6.45) is 0. The Bertz CT molecular complexity index is 604. The van der Waals surface area contributed by atoms with Crippen molar-refractivity contribution in [1.29, 1.82) is 0 Å². The van der Waals surface area contributed by atoms with E-state index in [1.807, 2.05) is 36.4 Å². The zero-order valence-electron chi connectivity index (χ0n) is 11.2. The lowest BCUT2D eigenvalue weighted by Gasteiger charge is -2.13. The molecule has 0 aromatic heterocycles. The van der Waals surface area contributed by atoms with Gasteiger partial charge in [-0.2, -0.15) is 0 Å². The summed E-state index contributed by atoms with van der Waals surface area (Å²) in [5.74, 6) is 1.61. The van der Waals surface area contributed by atoms with Crippen LogP contribution in [0.2, 0.25) is 5.02 Å². The zero-order chi connectivity index (χ0) is 14.5. The number of hydrogen-bond donors (Lipinski definition) is 1. The molecule has 2 aromatic carbocycles. The first-order chi connectivity index (χ1) is 9.63. The summed E-state index contributed by atoms with van der Waals surface area (Å²) in [6.45, 7) is 0.607. The molecule has 20 heavy (non-hydrogen) atoms. The highest BCUT2D eigenvalue weighted by Crippen LogP contribution is 2.29.